The van der Waals surface area contributed by atoms with Crippen LogP contribution in [0, 0.1) is 18.6 Å². The monoisotopic (exact) mass is 425 g/mol. The molecule has 0 saturated heterocycles. The number of alkyl halides is 2. The molecule has 0 fully saturated rings. The number of hydrogen-bond acceptors (Lipinski definition) is 4. The maximum absolute atomic E-state index is 14.3. The average molecular weight is 425 g/mol. The summed E-state index contributed by atoms with van der Waals surface area (Å²) in [5.41, 5.74) is 7.10. The van der Waals surface area contributed by atoms with Crippen LogP contribution in [0.4, 0.5) is 22.4 Å². The van der Waals surface area contributed by atoms with Gasteiger partial charge in [0.2, 0.25) is 0 Å². The van der Waals surface area contributed by atoms with Crippen molar-refractivity contribution in [1.29, 1.82) is 0 Å². The third-order valence-corrected chi connectivity index (χ3v) is 4.73. The third kappa shape index (κ3) is 4.89. The zero-order valence-corrected chi connectivity index (χ0v) is 15.9. The van der Waals surface area contributed by atoms with Crippen LogP contribution in [0.5, 0.6) is 0 Å². The first-order chi connectivity index (χ1) is 13.7. The molecule has 1 heterocycles. The number of carbonyl (C=O) groups excluding carboxylic acids is 1. The van der Waals surface area contributed by atoms with Gasteiger partial charge in [-0.1, -0.05) is 23.9 Å². The highest BCUT2D eigenvalue weighted by Crippen LogP contribution is 2.30. The average Bonchev–Trinajstić information content (AvgIpc) is 3.09. The first-order valence-corrected chi connectivity index (χ1v) is 9.14. The lowest BCUT2D eigenvalue weighted by atomic mass is 10.0. The van der Waals surface area contributed by atoms with E-state index in [1.54, 1.807) is 24.3 Å². The first kappa shape index (κ1) is 20.7. The number of hydrogen-bond donors (Lipinski definition) is 1. The van der Waals surface area contributed by atoms with Crippen molar-refractivity contribution in [2.45, 2.75) is 24.2 Å². The standard InChI is InChI=1S/C19H15F4N3O2S/c1-10-2-3-11(6-12(10)9-28-19(24)27)16-4-5-26(25-16)17-14(20)7-13(8-15(17)21)29-18(22)23/h2-8,18H,9H2,1H3,(H2,24,27). The summed E-state index contributed by atoms with van der Waals surface area (Å²) in [6, 6.07) is 8.48. The van der Waals surface area contributed by atoms with E-state index in [4.69, 9.17) is 10.5 Å². The van der Waals surface area contributed by atoms with Gasteiger partial charge in [0.15, 0.2) is 11.6 Å². The van der Waals surface area contributed by atoms with Crippen molar-refractivity contribution >= 4 is 17.9 Å². The molecule has 29 heavy (non-hydrogen) atoms. The number of thioether (sulfide) groups is 1. The lowest BCUT2D eigenvalue weighted by molar-refractivity contribution is 0.150. The Balaban J connectivity index is 1.92. The molecule has 1 aromatic heterocycles. The minimum Gasteiger partial charge on any atom is -0.445 e. The minimum atomic E-state index is -2.79. The van der Waals surface area contributed by atoms with E-state index in [2.05, 4.69) is 5.10 Å². The molecule has 0 aliphatic carbocycles. The zero-order valence-electron chi connectivity index (χ0n) is 15.0. The van der Waals surface area contributed by atoms with Crippen molar-refractivity contribution in [1.82, 2.24) is 9.78 Å². The number of ether oxygens (including phenoxy) is 1. The summed E-state index contributed by atoms with van der Waals surface area (Å²) in [7, 11) is 0. The summed E-state index contributed by atoms with van der Waals surface area (Å²) in [4.78, 5) is 10.6. The van der Waals surface area contributed by atoms with Crippen molar-refractivity contribution < 1.29 is 27.1 Å². The second kappa shape index (κ2) is 8.56. The molecule has 0 atom stereocenters. The maximum atomic E-state index is 14.3. The third-order valence-electron chi connectivity index (χ3n) is 4.05. The molecule has 0 bridgehead atoms. The van der Waals surface area contributed by atoms with E-state index in [1.807, 2.05) is 6.92 Å². The SMILES string of the molecule is Cc1ccc(-c2ccn(-c3c(F)cc(SC(F)F)cc3F)n2)cc1COC(N)=O. The number of rotatable bonds is 6. The van der Waals surface area contributed by atoms with Gasteiger partial charge in [0.1, 0.15) is 12.3 Å². The molecule has 5 nitrogen and oxygen atoms in total. The fraction of sp³-hybridized carbons (Fsp3) is 0.158. The topological polar surface area (TPSA) is 70.1 Å². The molecular formula is C19H15F4N3O2S. The molecule has 0 saturated carbocycles. The molecule has 10 heteroatoms. The molecule has 0 spiro atoms. The summed E-state index contributed by atoms with van der Waals surface area (Å²) in [5.74, 6) is -4.81. The Hall–Kier alpha value is -3.01. The molecule has 0 radical (unpaired) electrons. The van der Waals surface area contributed by atoms with E-state index >= 15 is 0 Å². The van der Waals surface area contributed by atoms with Crippen LogP contribution in [0.2, 0.25) is 0 Å². The quantitative estimate of drug-likeness (QED) is 0.444. The molecule has 2 N–H and O–H groups in total. The molecule has 0 aliphatic rings. The van der Waals surface area contributed by atoms with Crippen LogP contribution >= 0.6 is 11.8 Å². The minimum absolute atomic E-state index is 0.0256. The molecule has 2 aromatic carbocycles. The Bertz CT molecular complexity index is 1030. The molecule has 1 amide bonds. The second-order valence-corrected chi connectivity index (χ2v) is 7.07. The van der Waals surface area contributed by atoms with E-state index in [0.717, 1.165) is 22.4 Å². The summed E-state index contributed by atoms with van der Waals surface area (Å²) in [5, 5.41) is 4.18. The summed E-state index contributed by atoms with van der Waals surface area (Å²) in [6.45, 7) is 1.80. The summed E-state index contributed by atoms with van der Waals surface area (Å²) < 4.78 is 59.3. The van der Waals surface area contributed by atoms with Crippen molar-refractivity contribution in [2.24, 2.45) is 5.73 Å². The van der Waals surface area contributed by atoms with Crippen LogP contribution in [0.15, 0.2) is 47.5 Å². The van der Waals surface area contributed by atoms with Crippen LogP contribution in [0.1, 0.15) is 11.1 Å². The predicted octanol–water partition coefficient (Wildman–Crippen LogP) is 5.04. The van der Waals surface area contributed by atoms with Crippen molar-refractivity contribution in [2.75, 3.05) is 0 Å². The zero-order chi connectivity index (χ0) is 21.1. The number of carbonyl (C=O) groups is 1. The van der Waals surface area contributed by atoms with Gasteiger partial charge in [-0.15, -0.1) is 0 Å². The fourth-order valence-electron chi connectivity index (χ4n) is 2.67. The van der Waals surface area contributed by atoms with Gasteiger partial charge in [-0.3, -0.25) is 0 Å². The van der Waals surface area contributed by atoms with Gasteiger partial charge in [-0.25, -0.2) is 18.3 Å². The number of benzene rings is 2. The van der Waals surface area contributed by atoms with Crippen LogP contribution in [-0.4, -0.2) is 21.6 Å². The van der Waals surface area contributed by atoms with Crippen LogP contribution in [-0.2, 0) is 11.3 Å². The number of primary amides is 1. The van der Waals surface area contributed by atoms with Gasteiger partial charge in [-0.05, 0) is 42.3 Å². The molecule has 0 aliphatic heterocycles. The van der Waals surface area contributed by atoms with Crippen molar-refractivity contribution in [3.63, 3.8) is 0 Å². The Morgan fingerprint density at radius 2 is 1.90 bits per heavy atom. The van der Waals surface area contributed by atoms with Gasteiger partial charge in [0.25, 0.3) is 5.76 Å². The van der Waals surface area contributed by atoms with Gasteiger partial charge in [0, 0.05) is 16.7 Å². The number of nitrogens with two attached hydrogens (primary N) is 1. The largest absolute Gasteiger partial charge is 0.445 e. The lowest BCUT2D eigenvalue weighted by Crippen LogP contribution is -2.13. The van der Waals surface area contributed by atoms with Crippen LogP contribution < -0.4 is 5.73 Å². The predicted molar refractivity (Wildman–Crippen MR) is 99.9 cm³/mol. The highest BCUT2D eigenvalue weighted by molar-refractivity contribution is 7.99. The van der Waals surface area contributed by atoms with E-state index in [0.29, 0.717) is 16.8 Å². The number of nitrogens with zero attached hydrogens (tertiary/aromatic N) is 2. The first-order valence-electron chi connectivity index (χ1n) is 8.26. The van der Waals surface area contributed by atoms with Crippen molar-refractivity contribution in [3.05, 3.63) is 65.4 Å². The van der Waals surface area contributed by atoms with Crippen molar-refractivity contribution in [3.8, 4) is 16.9 Å². The molecule has 152 valence electrons. The van der Waals surface area contributed by atoms with Gasteiger partial charge < -0.3 is 10.5 Å². The van der Waals surface area contributed by atoms with Gasteiger partial charge in [0.05, 0.1) is 5.69 Å². The Kier molecular flexibility index (Phi) is 6.12. The highest BCUT2D eigenvalue weighted by Gasteiger charge is 2.17. The summed E-state index contributed by atoms with van der Waals surface area (Å²) in [6.07, 6.45) is 0.453. The van der Waals surface area contributed by atoms with Gasteiger partial charge >= 0.3 is 6.09 Å². The Morgan fingerprint density at radius 3 is 2.52 bits per heavy atom. The van der Waals surface area contributed by atoms with Crippen LogP contribution in [0.25, 0.3) is 16.9 Å². The van der Waals surface area contributed by atoms with E-state index in [1.165, 1.54) is 6.20 Å². The normalized spacial score (nSPS) is 11.1. The Labute approximate surface area is 167 Å². The smallest absolute Gasteiger partial charge is 0.404 e. The number of aromatic nitrogens is 2. The molecule has 3 rings (SSSR count). The summed E-state index contributed by atoms with van der Waals surface area (Å²) >= 11 is 0.0545. The highest BCUT2D eigenvalue weighted by atomic mass is 32.2. The number of amides is 1. The number of halogens is 4. The lowest BCUT2D eigenvalue weighted by Gasteiger charge is -2.09. The molecule has 0 unspecified atom stereocenters. The fourth-order valence-corrected chi connectivity index (χ4v) is 3.22. The van der Waals surface area contributed by atoms with E-state index < -0.39 is 29.2 Å². The number of aryl methyl sites for hydroxylation is 1. The van der Waals surface area contributed by atoms with E-state index in [9.17, 15) is 22.4 Å². The second-order valence-electron chi connectivity index (χ2n) is 6.01. The Morgan fingerprint density at radius 1 is 1.21 bits per heavy atom. The molecule has 3 aromatic rings. The van der Waals surface area contributed by atoms with E-state index in [-0.39, 0.29) is 23.3 Å². The molecular weight excluding hydrogens is 410 g/mol. The van der Waals surface area contributed by atoms with Crippen LogP contribution in [0.3, 0.4) is 0 Å². The maximum Gasteiger partial charge on any atom is 0.404 e. The van der Waals surface area contributed by atoms with Gasteiger partial charge in [-0.2, -0.15) is 13.9 Å².